The van der Waals surface area contributed by atoms with Crippen molar-refractivity contribution in [2.75, 3.05) is 42.5 Å². The van der Waals surface area contributed by atoms with E-state index in [-0.39, 0.29) is 18.0 Å². The highest BCUT2D eigenvalue weighted by Crippen LogP contribution is 2.34. The minimum Gasteiger partial charge on any atom is -0.444 e. The summed E-state index contributed by atoms with van der Waals surface area (Å²) in [5, 5.41) is 2.37. The Hall–Kier alpha value is -2.77. The first-order chi connectivity index (χ1) is 15.7. The lowest BCUT2D eigenvalue weighted by atomic mass is 9.79. The Morgan fingerprint density at radius 3 is 1.97 bits per heavy atom. The van der Waals surface area contributed by atoms with Crippen LogP contribution in [0.4, 0.5) is 21.0 Å². The Bertz CT molecular complexity index is 863. The van der Waals surface area contributed by atoms with Gasteiger partial charge in [0.15, 0.2) is 0 Å². The van der Waals surface area contributed by atoms with Crippen LogP contribution >= 0.6 is 0 Å². The predicted molar refractivity (Wildman–Crippen MR) is 127 cm³/mol. The molecule has 0 aromatic heterocycles. The lowest BCUT2D eigenvalue weighted by Crippen LogP contribution is -2.49. The van der Waals surface area contributed by atoms with Crippen LogP contribution in [-0.4, -0.2) is 61.3 Å². The first-order valence-electron chi connectivity index (χ1n) is 12.1. The van der Waals surface area contributed by atoms with Crippen molar-refractivity contribution in [1.82, 2.24) is 10.2 Å². The molecule has 1 aromatic carbocycles. The van der Waals surface area contributed by atoms with Gasteiger partial charge >= 0.3 is 12.1 Å². The fourth-order valence-corrected chi connectivity index (χ4v) is 5.16. The topological polar surface area (TPSA) is 82.2 Å². The summed E-state index contributed by atoms with van der Waals surface area (Å²) in [6.45, 7) is 9.77. The quantitative estimate of drug-likeness (QED) is 0.744. The summed E-state index contributed by atoms with van der Waals surface area (Å²) in [6.07, 6.45) is 4.58. The van der Waals surface area contributed by atoms with Gasteiger partial charge < -0.3 is 14.5 Å². The normalized spacial score (nSPS) is 21.2. The van der Waals surface area contributed by atoms with Gasteiger partial charge in [0.05, 0.1) is 0 Å². The largest absolute Gasteiger partial charge is 0.444 e. The molecule has 3 aliphatic rings. The molecule has 3 fully saturated rings. The third-order valence-corrected chi connectivity index (χ3v) is 6.98. The van der Waals surface area contributed by atoms with Gasteiger partial charge in [0.25, 0.3) is 0 Å². The van der Waals surface area contributed by atoms with Crippen molar-refractivity contribution in [2.45, 2.75) is 58.5 Å². The number of benzene rings is 1. The maximum absolute atomic E-state index is 12.3. The molecule has 3 aliphatic heterocycles. The Morgan fingerprint density at radius 1 is 0.879 bits per heavy atom. The van der Waals surface area contributed by atoms with Crippen molar-refractivity contribution in [3.8, 4) is 0 Å². The summed E-state index contributed by atoms with van der Waals surface area (Å²) in [5.74, 6) is 1.16. The number of piperidine rings is 2. The SMILES string of the molecule is CC(C)(C)OC(=O)N1CCC(C2CCN(c3ccc(N4CCC(=O)NC4=O)cc3)CC2)CC1. The Morgan fingerprint density at radius 2 is 1.42 bits per heavy atom. The van der Waals surface area contributed by atoms with E-state index < -0.39 is 5.60 Å². The molecule has 0 aliphatic carbocycles. The van der Waals surface area contributed by atoms with Crippen LogP contribution in [0.3, 0.4) is 0 Å². The highest BCUT2D eigenvalue weighted by molar-refractivity contribution is 6.05. The van der Waals surface area contributed by atoms with Crippen LogP contribution in [0.1, 0.15) is 52.9 Å². The van der Waals surface area contributed by atoms with Crippen molar-refractivity contribution < 1.29 is 19.1 Å². The first-order valence-corrected chi connectivity index (χ1v) is 12.1. The van der Waals surface area contributed by atoms with Crippen LogP contribution < -0.4 is 15.1 Å². The van der Waals surface area contributed by atoms with Gasteiger partial charge in [0.2, 0.25) is 5.91 Å². The van der Waals surface area contributed by atoms with Crippen LogP contribution in [0, 0.1) is 11.8 Å². The number of anilines is 2. The maximum Gasteiger partial charge on any atom is 0.410 e. The van der Waals surface area contributed by atoms with Gasteiger partial charge in [0.1, 0.15) is 5.60 Å². The van der Waals surface area contributed by atoms with Gasteiger partial charge in [-0.2, -0.15) is 0 Å². The van der Waals surface area contributed by atoms with E-state index in [2.05, 4.69) is 22.3 Å². The van der Waals surface area contributed by atoms with E-state index in [0.29, 0.717) is 24.8 Å². The van der Waals surface area contributed by atoms with E-state index in [1.165, 1.54) is 5.69 Å². The number of carbonyl (C=O) groups excluding carboxylic acids is 3. The number of amides is 4. The number of hydrogen-bond acceptors (Lipinski definition) is 5. The lowest BCUT2D eigenvalue weighted by molar-refractivity contribution is -0.120. The molecule has 3 saturated heterocycles. The van der Waals surface area contributed by atoms with E-state index in [4.69, 9.17) is 4.74 Å². The minimum absolute atomic E-state index is 0.187. The second-order valence-electron chi connectivity index (χ2n) is 10.4. The van der Waals surface area contributed by atoms with Crippen molar-refractivity contribution in [2.24, 2.45) is 11.8 Å². The predicted octanol–water partition coefficient (Wildman–Crippen LogP) is 4.00. The van der Waals surface area contributed by atoms with Crippen LogP contribution in [-0.2, 0) is 9.53 Å². The molecule has 3 heterocycles. The van der Waals surface area contributed by atoms with Gasteiger partial charge in [-0.15, -0.1) is 0 Å². The number of imide groups is 1. The molecule has 4 amide bonds. The molecular weight excluding hydrogens is 420 g/mol. The van der Waals surface area contributed by atoms with Crippen molar-refractivity contribution in [1.29, 1.82) is 0 Å². The number of hydrogen-bond donors (Lipinski definition) is 1. The molecule has 8 nitrogen and oxygen atoms in total. The van der Waals surface area contributed by atoms with Crippen molar-refractivity contribution in [3.05, 3.63) is 24.3 Å². The summed E-state index contributed by atoms with van der Waals surface area (Å²) < 4.78 is 5.52. The Balaban J connectivity index is 1.24. The standard InChI is InChI=1S/C25H36N4O4/c1-25(2,3)33-24(32)28-15-10-19(11-16-28)18-8-13-27(14-9-18)20-4-6-21(7-5-20)29-17-12-22(30)26-23(29)31/h4-7,18-19H,8-17H2,1-3H3,(H,26,30,31). The van der Waals surface area contributed by atoms with E-state index in [9.17, 15) is 14.4 Å². The van der Waals surface area contributed by atoms with Crippen molar-refractivity contribution >= 4 is 29.4 Å². The van der Waals surface area contributed by atoms with Crippen LogP contribution in [0.25, 0.3) is 0 Å². The van der Waals surface area contributed by atoms with Crippen LogP contribution in [0.5, 0.6) is 0 Å². The molecule has 0 radical (unpaired) electrons. The number of nitrogens with zero attached hydrogens (tertiary/aromatic N) is 3. The second-order valence-corrected chi connectivity index (χ2v) is 10.4. The highest BCUT2D eigenvalue weighted by Gasteiger charge is 2.32. The molecule has 1 aromatic rings. The fourth-order valence-electron chi connectivity index (χ4n) is 5.16. The molecule has 0 atom stereocenters. The molecule has 1 N–H and O–H groups in total. The maximum atomic E-state index is 12.3. The van der Waals surface area contributed by atoms with Gasteiger partial charge in [-0.05, 0) is 82.6 Å². The molecule has 33 heavy (non-hydrogen) atoms. The molecule has 8 heteroatoms. The van der Waals surface area contributed by atoms with Gasteiger partial charge in [-0.1, -0.05) is 0 Å². The molecular formula is C25H36N4O4. The average molecular weight is 457 g/mol. The van der Waals surface area contributed by atoms with Crippen molar-refractivity contribution in [3.63, 3.8) is 0 Å². The highest BCUT2D eigenvalue weighted by atomic mass is 16.6. The molecule has 0 unspecified atom stereocenters. The average Bonchev–Trinajstić information content (AvgIpc) is 2.78. The van der Waals surface area contributed by atoms with Gasteiger partial charge in [0, 0.05) is 50.5 Å². The van der Waals surface area contributed by atoms with Crippen LogP contribution in [0.2, 0.25) is 0 Å². The van der Waals surface area contributed by atoms with Gasteiger partial charge in [-0.25, -0.2) is 9.59 Å². The van der Waals surface area contributed by atoms with E-state index in [1.54, 1.807) is 4.90 Å². The lowest BCUT2D eigenvalue weighted by Gasteiger charge is -2.41. The zero-order chi connectivity index (χ0) is 23.6. The van der Waals surface area contributed by atoms with E-state index in [0.717, 1.165) is 57.5 Å². The summed E-state index contributed by atoms with van der Waals surface area (Å²) in [4.78, 5) is 41.6. The summed E-state index contributed by atoms with van der Waals surface area (Å²) >= 11 is 0. The van der Waals surface area contributed by atoms with E-state index in [1.807, 2.05) is 37.8 Å². The fraction of sp³-hybridized carbons (Fsp3) is 0.640. The number of urea groups is 1. The second kappa shape index (κ2) is 9.61. The zero-order valence-electron chi connectivity index (χ0n) is 20.0. The third-order valence-electron chi connectivity index (χ3n) is 6.98. The summed E-state index contributed by atoms with van der Waals surface area (Å²) in [7, 11) is 0. The first kappa shape index (κ1) is 23.4. The minimum atomic E-state index is -0.446. The molecule has 0 spiro atoms. The van der Waals surface area contributed by atoms with E-state index >= 15 is 0 Å². The summed E-state index contributed by atoms with van der Waals surface area (Å²) in [5.41, 5.74) is 1.54. The molecule has 0 bridgehead atoms. The van der Waals surface area contributed by atoms with Gasteiger partial charge in [-0.3, -0.25) is 15.0 Å². The number of likely N-dealkylation sites (tertiary alicyclic amines) is 1. The molecule has 4 rings (SSSR count). The summed E-state index contributed by atoms with van der Waals surface area (Å²) in [6, 6.07) is 7.71. The third kappa shape index (κ3) is 5.78. The number of rotatable bonds is 3. The molecule has 180 valence electrons. The number of ether oxygens (including phenoxy) is 1. The molecule has 0 saturated carbocycles. The smallest absolute Gasteiger partial charge is 0.410 e. The number of nitrogens with one attached hydrogen (secondary N) is 1. The number of carbonyl (C=O) groups is 3. The zero-order valence-corrected chi connectivity index (χ0v) is 20.0. The monoisotopic (exact) mass is 456 g/mol. The van der Waals surface area contributed by atoms with Crippen LogP contribution in [0.15, 0.2) is 24.3 Å². The Labute approximate surface area is 196 Å². The Kier molecular flexibility index (Phi) is 6.81.